The van der Waals surface area contributed by atoms with Crippen molar-refractivity contribution < 1.29 is 9.53 Å². The third-order valence-electron chi connectivity index (χ3n) is 4.02. The van der Waals surface area contributed by atoms with Crippen molar-refractivity contribution in [3.05, 3.63) is 42.1 Å². The molecule has 1 aliphatic carbocycles. The van der Waals surface area contributed by atoms with Crippen molar-refractivity contribution >= 4 is 11.8 Å². The van der Waals surface area contributed by atoms with E-state index in [1.807, 2.05) is 49.3 Å². The van der Waals surface area contributed by atoms with Crippen LogP contribution in [0, 0.1) is 0 Å². The second kappa shape index (κ2) is 6.77. The lowest BCUT2D eigenvalue weighted by atomic mass is 10.2. The zero-order valence-electron chi connectivity index (χ0n) is 13.5. The number of ether oxygens (including phenoxy) is 1. The van der Waals surface area contributed by atoms with Gasteiger partial charge in [-0.3, -0.25) is 0 Å². The summed E-state index contributed by atoms with van der Waals surface area (Å²) in [6.07, 6.45) is 5.76. The van der Waals surface area contributed by atoms with Crippen molar-refractivity contribution in [2.24, 2.45) is 0 Å². The summed E-state index contributed by atoms with van der Waals surface area (Å²) in [4.78, 5) is 23.2. The Morgan fingerprint density at radius 2 is 1.87 bits per heavy atom. The lowest BCUT2D eigenvalue weighted by molar-refractivity contribution is 0.0318. The summed E-state index contributed by atoms with van der Waals surface area (Å²) in [7, 11) is 3.73. The number of hydrogen-bond acceptors (Lipinski definition) is 5. The van der Waals surface area contributed by atoms with Crippen LogP contribution in [-0.2, 0) is 4.74 Å². The highest BCUT2D eigenvalue weighted by atomic mass is 16.5. The van der Waals surface area contributed by atoms with Gasteiger partial charge in [-0.05, 0) is 25.7 Å². The lowest BCUT2D eigenvalue weighted by Crippen LogP contribution is -2.21. The molecule has 0 saturated heterocycles. The van der Waals surface area contributed by atoms with Gasteiger partial charge in [0.25, 0.3) is 0 Å². The third kappa shape index (κ3) is 3.50. The van der Waals surface area contributed by atoms with Crippen molar-refractivity contribution in [1.82, 2.24) is 9.97 Å². The quantitative estimate of drug-likeness (QED) is 0.811. The van der Waals surface area contributed by atoms with Gasteiger partial charge < -0.3 is 9.64 Å². The maximum Gasteiger partial charge on any atom is 0.343 e. The highest BCUT2D eigenvalue weighted by Gasteiger charge is 2.24. The van der Waals surface area contributed by atoms with Gasteiger partial charge in [-0.25, -0.2) is 14.8 Å². The summed E-state index contributed by atoms with van der Waals surface area (Å²) in [5.74, 6) is 0.855. The summed E-state index contributed by atoms with van der Waals surface area (Å²) < 4.78 is 5.59. The van der Waals surface area contributed by atoms with Crippen LogP contribution in [0.2, 0.25) is 0 Å². The van der Waals surface area contributed by atoms with E-state index in [4.69, 9.17) is 4.74 Å². The van der Waals surface area contributed by atoms with Crippen molar-refractivity contribution in [3.8, 4) is 11.4 Å². The molecule has 1 heterocycles. The molecule has 1 saturated carbocycles. The number of hydrogen-bond donors (Lipinski definition) is 0. The molecule has 0 radical (unpaired) electrons. The molecule has 0 amide bonds. The molecule has 0 unspecified atom stereocenters. The summed E-state index contributed by atoms with van der Waals surface area (Å²) >= 11 is 0. The van der Waals surface area contributed by atoms with E-state index < -0.39 is 0 Å². The molecule has 120 valence electrons. The fourth-order valence-electron chi connectivity index (χ4n) is 2.81. The molecule has 0 bridgehead atoms. The molecule has 23 heavy (non-hydrogen) atoms. The topological polar surface area (TPSA) is 55.3 Å². The fraction of sp³-hybridized carbons (Fsp3) is 0.389. The summed E-state index contributed by atoms with van der Waals surface area (Å²) in [6, 6.07) is 9.73. The second-order valence-electron chi connectivity index (χ2n) is 6.00. The van der Waals surface area contributed by atoms with Crippen LogP contribution in [0.25, 0.3) is 11.4 Å². The monoisotopic (exact) mass is 311 g/mol. The average molecular weight is 311 g/mol. The lowest BCUT2D eigenvalue weighted by Gasteiger charge is -2.18. The van der Waals surface area contributed by atoms with E-state index in [0.29, 0.717) is 17.2 Å². The van der Waals surface area contributed by atoms with Gasteiger partial charge in [0.1, 0.15) is 17.5 Å². The predicted octanol–water partition coefficient (Wildman–Crippen LogP) is 3.31. The number of carbonyl (C=O) groups excluding carboxylic acids is 1. The Morgan fingerprint density at radius 1 is 1.17 bits per heavy atom. The minimum Gasteiger partial charge on any atom is -0.459 e. The first kappa shape index (κ1) is 15.5. The molecule has 1 aliphatic rings. The Kier molecular flexibility index (Phi) is 4.55. The average Bonchev–Trinajstić information content (AvgIpc) is 3.08. The molecular formula is C18H21N3O2. The normalized spacial score (nSPS) is 14.7. The summed E-state index contributed by atoms with van der Waals surface area (Å²) in [6.45, 7) is 0. The van der Waals surface area contributed by atoms with E-state index in [-0.39, 0.29) is 12.1 Å². The molecule has 5 heteroatoms. The van der Waals surface area contributed by atoms with Crippen LogP contribution < -0.4 is 4.90 Å². The molecule has 2 aromatic rings. The van der Waals surface area contributed by atoms with E-state index in [1.54, 1.807) is 6.20 Å². The van der Waals surface area contributed by atoms with Crippen LogP contribution in [0.3, 0.4) is 0 Å². The first-order chi connectivity index (χ1) is 11.1. The fourth-order valence-corrected chi connectivity index (χ4v) is 2.81. The number of esters is 1. The van der Waals surface area contributed by atoms with E-state index in [2.05, 4.69) is 9.97 Å². The van der Waals surface area contributed by atoms with Crippen LogP contribution >= 0.6 is 0 Å². The van der Waals surface area contributed by atoms with Crippen LogP contribution in [0.5, 0.6) is 0 Å². The van der Waals surface area contributed by atoms with Gasteiger partial charge in [-0.2, -0.15) is 0 Å². The van der Waals surface area contributed by atoms with Crippen LogP contribution in [0.1, 0.15) is 36.0 Å². The van der Waals surface area contributed by atoms with E-state index in [9.17, 15) is 4.79 Å². The first-order valence-electron chi connectivity index (χ1n) is 7.96. The molecule has 1 aromatic heterocycles. The van der Waals surface area contributed by atoms with Gasteiger partial charge in [-0.1, -0.05) is 30.3 Å². The minimum atomic E-state index is -0.333. The molecule has 1 aromatic carbocycles. The predicted molar refractivity (Wildman–Crippen MR) is 89.5 cm³/mol. The smallest absolute Gasteiger partial charge is 0.343 e. The standard InChI is InChI=1S/C18H21N3O2/c1-21(2)17-15(18(22)23-14-10-6-7-11-14)12-19-16(20-17)13-8-4-3-5-9-13/h3-5,8-9,12,14H,6-7,10-11H2,1-2H3. The molecule has 0 atom stereocenters. The largest absolute Gasteiger partial charge is 0.459 e. The molecular weight excluding hydrogens is 290 g/mol. The first-order valence-corrected chi connectivity index (χ1v) is 7.96. The Labute approximate surface area is 136 Å². The van der Waals surface area contributed by atoms with E-state index in [0.717, 1.165) is 31.2 Å². The molecule has 1 fully saturated rings. The van der Waals surface area contributed by atoms with Crippen LogP contribution in [0.15, 0.2) is 36.5 Å². The highest BCUT2D eigenvalue weighted by molar-refractivity contribution is 5.94. The van der Waals surface area contributed by atoms with E-state index >= 15 is 0 Å². The van der Waals surface area contributed by atoms with Gasteiger partial charge in [0.2, 0.25) is 0 Å². The van der Waals surface area contributed by atoms with E-state index in [1.165, 1.54) is 0 Å². The van der Waals surface area contributed by atoms with Crippen molar-refractivity contribution in [1.29, 1.82) is 0 Å². The molecule has 5 nitrogen and oxygen atoms in total. The van der Waals surface area contributed by atoms with Gasteiger partial charge >= 0.3 is 5.97 Å². The number of benzene rings is 1. The van der Waals surface area contributed by atoms with Gasteiger partial charge in [0.15, 0.2) is 5.82 Å². The second-order valence-corrected chi connectivity index (χ2v) is 6.00. The SMILES string of the molecule is CN(C)c1nc(-c2ccccc2)ncc1C(=O)OC1CCCC1. The third-order valence-corrected chi connectivity index (χ3v) is 4.02. The van der Waals surface area contributed by atoms with Gasteiger partial charge in [-0.15, -0.1) is 0 Å². The van der Waals surface area contributed by atoms with Crippen molar-refractivity contribution in [3.63, 3.8) is 0 Å². The van der Waals surface area contributed by atoms with Crippen LogP contribution in [-0.4, -0.2) is 36.1 Å². The van der Waals surface area contributed by atoms with Crippen LogP contribution in [0.4, 0.5) is 5.82 Å². The Morgan fingerprint density at radius 3 is 2.52 bits per heavy atom. The van der Waals surface area contributed by atoms with Gasteiger partial charge in [0, 0.05) is 25.9 Å². The summed E-state index contributed by atoms with van der Waals surface area (Å²) in [5.41, 5.74) is 1.34. The van der Waals surface area contributed by atoms with Crippen molar-refractivity contribution in [2.75, 3.05) is 19.0 Å². The highest BCUT2D eigenvalue weighted by Crippen LogP contribution is 2.25. The Balaban J connectivity index is 1.89. The number of rotatable bonds is 4. The van der Waals surface area contributed by atoms with Gasteiger partial charge in [0.05, 0.1) is 0 Å². The molecule has 3 rings (SSSR count). The molecule has 0 N–H and O–H groups in total. The van der Waals surface area contributed by atoms with Crippen molar-refractivity contribution in [2.45, 2.75) is 31.8 Å². The Hall–Kier alpha value is -2.43. The summed E-state index contributed by atoms with van der Waals surface area (Å²) in [5, 5.41) is 0. The zero-order valence-corrected chi connectivity index (χ0v) is 13.5. The number of anilines is 1. The molecule has 0 spiro atoms. The molecule has 0 aliphatic heterocycles. The number of aromatic nitrogens is 2. The number of nitrogens with zero attached hydrogens (tertiary/aromatic N) is 3. The Bertz CT molecular complexity index is 680. The number of carbonyl (C=O) groups is 1. The maximum absolute atomic E-state index is 12.4. The zero-order chi connectivity index (χ0) is 16.2. The minimum absolute atomic E-state index is 0.0336. The maximum atomic E-state index is 12.4.